The van der Waals surface area contributed by atoms with Crippen molar-refractivity contribution in [3.63, 3.8) is 0 Å². The molecule has 8 aromatic rings. The number of carboxylic acids is 2. The number of carbonyl (C=O) groups is 4. The van der Waals surface area contributed by atoms with Crippen LogP contribution in [0.4, 0.5) is 28.9 Å². The molecule has 23 heteroatoms. The zero-order valence-corrected chi connectivity index (χ0v) is 51.2. The van der Waals surface area contributed by atoms with Crippen LogP contribution in [0.5, 0.6) is 23.0 Å². The summed E-state index contributed by atoms with van der Waals surface area (Å²) in [5.41, 5.74) is 4.58. The minimum absolute atomic E-state index is 0. The number of hydrogen-bond donors (Lipinski definition) is 10. The number of anilines is 2. The van der Waals surface area contributed by atoms with E-state index in [0.29, 0.717) is 45.0 Å². The molecule has 464 valence electrons. The van der Waals surface area contributed by atoms with Crippen molar-refractivity contribution in [1.82, 2.24) is 9.13 Å². The Kier molecular flexibility index (Phi) is 24.6. The number of aromatic hydroxyl groups is 4. The van der Waals surface area contributed by atoms with Crippen molar-refractivity contribution in [2.45, 2.75) is 116 Å². The van der Waals surface area contributed by atoms with Crippen LogP contribution < -0.4 is 20.8 Å². The number of aromatic nitrogens is 2. The second-order valence-corrected chi connectivity index (χ2v) is 21.7. The third-order valence-electron chi connectivity index (χ3n) is 14.4. The summed E-state index contributed by atoms with van der Waals surface area (Å²) in [6, 6.07) is 31.8. The molecule has 8 rings (SSSR count). The van der Waals surface area contributed by atoms with Crippen LogP contribution in [0.15, 0.2) is 133 Å². The van der Waals surface area contributed by atoms with Crippen molar-refractivity contribution in [3.05, 3.63) is 179 Å². The molecule has 18 nitrogen and oxygen atoms in total. The second kappa shape index (κ2) is 31.3. The maximum atomic E-state index is 14.6. The molecule has 0 bridgehead atoms. The normalized spacial score (nSPS) is 12.6. The molecule has 0 aliphatic rings. The minimum atomic E-state index is -1.46. The molecule has 0 saturated carbocycles. The Balaban J connectivity index is 0.000000281. The molecule has 0 aliphatic heterocycles. The van der Waals surface area contributed by atoms with Gasteiger partial charge in [-0.1, -0.05) is 88.4 Å². The van der Waals surface area contributed by atoms with Crippen LogP contribution in [0, 0.1) is 23.3 Å². The molecule has 0 spiro atoms. The van der Waals surface area contributed by atoms with Gasteiger partial charge in [0.2, 0.25) is 0 Å². The smallest absolute Gasteiger partial charge is 0.550 e. The van der Waals surface area contributed by atoms with E-state index in [1.807, 2.05) is 27.7 Å². The van der Waals surface area contributed by atoms with Gasteiger partial charge in [0.25, 0.3) is 11.8 Å². The van der Waals surface area contributed by atoms with E-state index in [1.165, 1.54) is 36.4 Å². The van der Waals surface area contributed by atoms with Gasteiger partial charge in [-0.05, 0) is 109 Å². The van der Waals surface area contributed by atoms with Crippen LogP contribution in [0.3, 0.4) is 0 Å². The predicted molar refractivity (Wildman–Crippen MR) is 322 cm³/mol. The Morgan fingerprint density at radius 2 is 0.809 bits per heavy atom. The first-order chi connectivity index (χ1) is 41.7. The number of amides is 2. The van der Waals surface area contributed by atoms with E-state index in [9.17, 15) is 87.8 Å². The van der Waals surface area contributed by atoms with Crippen molar-refractivity contribution >= 4 is 72.9 Å². The van der Waals surface area contributed by atoms with Crippen LogP contribution in [0.25, 0.3) is 44.8 Å². The van der Waals surface area contributed by atoms with Crippen LogP contribution in [-0.4, -0.2) is 136 Å². The van der Waals surface area contributed by atoms with E-state index >= 15 is 0 Å². The zero-order valence-electron chi connectivity index (χ0n) is 49.0. The summed E-state index contributed by atoms with van der Waals surface area (Å²) in [6.45, 7) is 7.46. The van der Waals surface area contributed by atoms with Crippen LogP contribution >= 0.6 is 0 Å². The van der Waals surface area contributed by atoms with Gasteiger partial charge in [-0.3, -0.25) is 9.59 Å². The monoisotopic (exact) mass is 1250 g/mol. The molecule has 2 heterocycles. The SMILES string of the molecule is CC(C)c1c(C(=O)Nc2ccc(O)cc2O)c(-c2ccccc2)c(-c2ccc(F)c(F)c2)n1CC[C@@H](O)CC(O)CC(=O)[O-].CC(C)c1c(C(=O)Nc2ccc(O)cc2O)c(-c2ccccc2)c(-c2ccc(F)c(F)c2)n1CC[C@@H](O)C[C@@H](O)CC(=O)[O-].[Ca+2]. The van der Waals surface area contributed by atoms with Crippen molar-refractivity contribution < 1.29 is 87.8 Å². The van der Waals surface area contributed by atoms with Crippen molar-refractivity contribution in [3.8, 4) is 67.8 Å². The first kappa shape index (κ1) is 69.9. The Hall–Kier alpha value is -8.22. The number of halogens is 4. The number of carboxylic acid groups (broad SMARTS) is 2. The summed E-state index contributed by atoms with van der Waals surface area (Å²) < 4.78 is 60.9. The number of aliphatic hydroxyl groups is 4. The quantitative estimate of drug-likeness (QED) is 0.0117. The predicted octanol–water partition coefficient (Wildman–Crippen LogP) is 8.68. The molecule has 0 fully saturated rings. The summed E-state index contributed by atoms with van der Waals surface area (Å²) in [6.07, 6.45) is -6.71. The number of nitrogens with zero attached hydrogens (tertiary/aromatic N) is 2. The van der Waals surface area contributed by atoms with Crippen molar-refractivity contribution in [1.29, 1.82) is 0 Å². The van der Waals surface area contributed by atoms with Gasteiger partial charge in [0, 0.05) is 83.6 Å². The molecule has 0 radical (unpaired) electrons. The van der Waals surface area contributed by atoms with Gasteiger partial charge in [-0.15, -0.1) is 0 Å². The molecule has 4 atom stereocenters. The summed E-state index contributed by atoms with van der Waals surface area (Å²) in [7, 11) is 0. The van der Waals surface area contributed by atoms with Gasteiger partial charge < -0.3 is 80.4 Å². The molecule has 10 N–H and O–H groups in total. The molecule has 2 amide bonds. The van der Waals surface area contributed by atoms with E-state index in [2.05, 4.69) is 10.6 Å². The first-order valence-corrected chi connectivity index (χ1v) is 28.1. The zero-order chi connectivity index (χ0) is 64.3. The van der Waals surface area contributed by atoms with Gasteiger partial charge in [0.1, 0.15) is 23.0 Å². The van der Waals surface area contributed by atoms with Crippen LogP contribution in [-0.2, 0) is 22.7 Å². The Bertz CT molecular complexity index is 3560. The van der Waals surface area contributed by atoms with E-state index in [-0.39, 0.29) is 145 Å². The summed E-state index contributed by atoms with van der Waals surface area (Å²) >= 11 is 0. The minimum Gasteiger partial charge on any atom is -0.550 e. The molecular formula is C66H66CaF4N4O14. The maximum absolute atomic E-state index is 14.6. The molecule has 1 unspecified atom stereocenters. The van der Waals surface area contributed by atoms with E-state index in [0.717, 1.165) is 36.4 Å². The van der Waals surface area contributed by atoms with Gasteiger partial charge in [0.15, 0.2) is 23.3 Å². The fourth-order valence-corrected chi connectivity index (χ4v) is 10.7. The van der Waals surface area contributed by atoms with Crippen LogP contribution in [0.1, 0.15) is 110 Å². The second-order valence-electron chi connectivity index (χ2n) is 21.7. The summed E-state index contributed by atoms with van der Waals surface area (Å²) in [4.78, 5) is 49.9. The van der Waals surface area contributed by atoms with Crippen molar-refractivity contribution in [2.75, 3.05) is 10.6 Å². The van der Waals surface area contributed by atoms with Gasteiger partial charge in [-0.25, -0.2) is 17.6 Å². The number of aliphatic hydroxyl groups excluding tert-OH is 4. The number of hydrogen-bond acceptors (Lipinski definition) is 14. The molecule has 6 aromatic carbocycles. The third-order valence-corrected chi connectivity index (χ3v) is 14.4. The Morgan fingerprint density at radius 1 is 0.461 bits per heavy atom. The summed E-state index contributed by atoms with van der Waals surface area (Å²) in [5, 5.41) is 109. The Morgan fingerprint density at radius 3 is 1.11 bits per heavy atom. The average molecular weight is 1260 g/mol. The molecule has 0 aliphatic carbocycles. The van der Waals surface area contributed by atoms with Crippen LogP contribution in [0.2, 0.25) is 0 Å². The largest absolute Gasteiger partial charge is 2.00 e. The maximum Gasteiger partial charge on any atom is 2.00 e. The molecule has 0 saturated heterocycles. The fourth-order valence-electron chi connectivity index (χ4n) is 10.7. The Labute approximate surface area is 539 Å². The number of carbonyl (C=O) groups excluding carboxylic acids is 4. The summed E-state index contributed by atoms with van der Waals surface area (Å²) in [5.74, 6) is -10.3. The number of aliphatic carboxylic acids is 2. The number of rotatable bonds is 24. The van der Waals surface area contributed by atoms with E-state index < -0.39 is 84.3 Å². The molecule has 89 heavy (non-hydrogen) atoms. The molecular weight excluding hydrogens is 1190 g/mol. The molecule has 2 aromatic heterocycles. The van der Waals surface area contributed by atoms with E-state index in [1.54, 1.807) is 69.8 Å². The first-order valence-electron chi connectivity index (χ1n) is 28.1. The number of phenols is 4. The van der Waals surface area contributed by atoms with Gasteiger partial charge >= 0.3 is 37.7 Å². The standard InChI is InChI=1S/2C33H34F2N2O7.Ca/c2*1-18(2)31-30(33(44)36-26-11-9-21(38)16-27(26)41)29(19-6-4-3-5-7-19)32(20-8-10-24(34)25(35)14-20)37(31)13-12-22(39)15-23(40)17-28(42)43;/h2*3-11,14,16,18,22-23,38-41H,12-13,15,17H2,1-2H3,(H,36,44)(H,42,43);/q;;+2/p-2/t22-,23?;22-,23-;/m11./s1. The number of nitrogens with one attached hydrogen (secondary N) is 2. The average Bonchev–Trinajstić information content (AvgIpc) is 1.62. The third kappa shape index (κ3) is 17.6. The fraction of sp³-hybridized carbons (Fsp3) is 0.273. The van der Waals surface area contributed by atoms with Crippen molar-refractivity contribution in [2.24, 2.45) is 0 Å². The van der Waals surface area contributed by atoms with E-state index in [4.69, 9.17) is 0 Å². The van der Waals surface area contributed by atoms with Gasteiger partial charge in [-0.2, -0.15) is 0 Å². The number of phenolic OH excluding ortho intramolecular Hbond substituents is 4. The number of benzene rings is 6. The van der Waals surface area contributed by atoms with Gasteiger partial charge in [0.05, 0.1) is 58.3 Å². The topological polar surface area (TPSA) is 310 Å².